The van der Waals surface area contributed by atoms with Crippen LogP contribution in [0.2, 0.25) is 0 Å². The molecule has 4 nitrogen and oxygen atoms in total. The average molecular weight is 164 g/mol. The first-order valence-corrected chi connectivity index (χ1v) is 3.99. The molecule has 0 bridgehead atoms. The molecule has 0 aromatic carbocycles. The van der Waals surface area contributed by atoms with E-state index in [1.807, 2.05) is 20.8 Å². The summed E-state index contributed by atoms with van der Waals surface area (Å²) in [6.07, 6.45) is 5.18. The fourth-order valence-corrected chi connectivity index (χ4v) is 0.887. The minimum absolute atomic E-state index is 0.951. The number of aryl methyl sites for hydroxylation is 1. The van der Waals surface area contributed by atoms with Gasteiger partial charge in [0, 0.05) is 12.4 Å². The van der Waals surface area contributed by atoms with E-state index in [4.69, 9.17) is 0 Å². The molecule has 0 aliphatic carbocycles. The van der Waals surface area contributed by atoms with Crippen LogP contribution in [0.3, 0.4) is 0 Å². The summed E-state index contributed by atoms with van der Waals surface area (Å²) in [4.78, 5) is 4.08. The standard InChI is InChI=1S/C6H6N4.C2H6/c1-5-6-4-8-9-10(6)3-2-7-5;1-2/h2-4H,1H3;1-2H3. The maximum absolute atomic E-state index is 4.08. The zero-order chi connectivity index (χ0) is 8.97. The monoisotopic (exact) mass is 164 g/mol. The number of rotatable bonds is 0. The second kappa shape index (κ2) is 3.80. The summed E-state index contributed by atoms with van der Waals surface area (Å²) >= 11 is 0. The Hall–Kier alpha value is -1.45. The molecule has 2 aromatic heterocycles. The Bertz CT molecular complexity index is 353. The summed E-state index contributed by atoms with van der Waals surface area (Å²) in [7, 11) is 0. The van der Waals surface area contributed by atoms with Crippen LogP contribution in [-0.4, -0.2) is 19.8 Å². The van der Waals surface area contributed by atoms with E-state index >= 15 is 0 Å². The molecule has 0 spiro atoms. The predicted octanol–water partition coefficient (Wildman–Crippen LogP) is 1.46. The number of hydrogen-bond donors (Lipinski definition) is 0. The van der Waals surface area contributed by atoms with Gasteiger partial charge >= 0.3 is 0 Å². The molecular weight excluding hydrogens is 152 g/mol. The van der Waals surface area contributed by atoms with Gasteiger partial charge in [0.15, 0.2) is 0 Å². The molecule has 0 saturated carbocycles. The summed E-state index contributed by atoms with van der Waals surface area (Å²) in [5.74, 6) is 0. The summed E-state index contributed by atoms with van der Waals surface area (Å²) in [6.45, 7) is 5.93. The summed E-state index contributed by atoms with van der Waals surface area (Å²) < 4.78 is 1.70. The third-order valence-corrected chi connectivity index (χ3v) is 1.42. The molecule has 0 amide bonds. The van der Waals surface area contributed by atoms with Crippen molar-refractivity contribution in [3.05, 3.63) is 24.3 Å². The molecule has 2 aromatic rings. The van der Waals surface area contributed by atoms with E-state index in [2.05, 4.69) is 15.3 Å². The summed E-state index contributed by atoms with van der Waals surface area (Å²) in [5.41, 5.74) is 1.91. The molecule has 4 heteroatoms. The van der Waals surface area contributed by atoms with Gasteiger partial charge in [0.2, 0.25) is 0 Å². The van der Waals surface area contributed by atoms with Crippen molar-refractivity contribution in [2.45, 2.75) is 20.8 Å². The Morgan fingerprint density at radius 3 is 2.75 bits per heavy atom. The van der Waals surface area contributed by atoms with Crippen molar-refractivity contribution in [1.29, 1.82) is 0 Å². The van der Waals surface area contributed by atoms with Gasteiger partial charge in [0.25, 0.3) is 0 Å². The van der Waals surface area contributed by atoms with Gasteiger partial charge in [-0.15, -0.1) is 5.10 Å². The number of fused-ring (bicyclic) bond motifs is 1. The van der Waals surface area contributed by atoms with E-state index < -0.39 is 0 Å². The molecule has 0 aliphatic heterocycles. The van der Waals surface area contributed by atoms with E-state index in [1.54, 1.807) is 23.1 Å². The highest BCUT2D eigenvalue weighted by Crippen LogP contribution is 2.01. The first kappa shape index (κ1) is 8.64. The van der Waals surface area contributed by atoms with Gasteiger partial charge in [-0.25, -0.2) is 4.52 Å². The van der Waals surface area contributed by atoms with Crippen molar-refractivity contribution >= 4 is 5.52 Å². The van der Waals surface area contributed by atoms with Gasteiger partial charge in [-0.05, 0) is 6.92 Å². The Morgan fingerprint density at radius 2 is 2.08 bits per heavy atom. The Balaban J connectivity index is 0.000000336. The van der Waals surface area contributed by atoms with Crippen molar-refractivity contribution in [2.24, 2.45) is 0 Å². The van der Waals surface area contributed by atoms with Gasteiger partial charge in [0.1, 0.15) is 5.52 Å². The van der Waals surface area contributed by atoms with E-state index in [0.29, 0.717) is 0 Å². The van der Waals surface area contributed by atoms with E-state index in [-0.39, 0.29) is 0 Å². The fraction of sp³-hybridized carbons (Fsp3) is 0.375. The summed E-state index contributed by atoms with van der Waals surface area (Å²) in [6, 6.07) is 0. The second-order valence-electron chi connectivity index (χ2n) is 2.08. The normalized spacial score (nSPS) is 9.25. The van der Waals surface area contributed by atoms with Gasteiger partial charge in [0.05, 0.1) is 11.9 Å². The van der Waals surface area contributed by atoms with Crippen LogP contribution in [0.4, 0.5) is 0 Å². The van der Waals surface area contributed by atoms with Crippen molar-refractivity contribution in [2.75, 3.05) is 0 Å². The maximum Gasteiger partial charge on any atom is 0.108 e. The van der Waals surface area contributed by atoms with E-state index in [1.165, 1.54) is 0 Å². The van der Waals surface area contributed by atoms with Crippen LogP contribution in [0.25, 0.3) is 5.52 Å². The lowest BCUT2D eigenvalue weighted by Crippen LogP contribution is -1.90. The van der Waals surface area contributed by atoms with Gasteiger partial charge in [-0.2, -0.15) is 0 Å². The van der Waals surface area contributed by atoms with Crippen LogP contribution in [0, 0.1) is 6.92 Å². The van der Waals surface area contributed by atoms with Crippen molar-refractivity contribution < 1.29 is 0 Å². The van der Waals surface area contributed by atoms with Crippen molar-refractivity contribution in [3.8, 4) is 0 Å². The summed E-state index contributed by atoms with van der Waals surface area (Å²) in [5, 5.41) is 7.54. The molecule has 0 fully saturated rings. The molecule has 0 atom stereocenters. The number of aromatic nitrogens is 4. The largest absolute Gasteiger partial charge is 0.258 e. The molecule has 64 valence electrons. The first-order chi connectivity index (χ1) is 5.88. The Morgan fingerprint density at radius 1 is 1.33 bits per heavy atom. The third kappa shape index (κ3) is 1.42. The molecule has 2 heterocycles. The van der Waals surface area contributed by atoms with E-state index in [0.717, 1.165) is 11.2 Å². The highest BCUT2D eigenvalue weighted by molar-refractivity contribution is 5.46. The molecule has 0 aliphatic rings. The quantitative estimate of drug-likeness (QED) is 0.592. The predicted molar refractivity (Wildman–Crippen MR) is 46.9 cm³/mol. The van der Waals surface area contributed by atoms with Crippen LogP contribution < -0.4 is 0 Å². The zero-order valence-electron chi connectivity index (χ0n) is 7.52. The fourth-order valence-electron chi connectivity index (χ4n) is 0.887. The molecule has 2 rings (SSSR count). The van der Waals surface area contributed by atoms with Crippen molar-refractivity contribution in [3.63, 3.8) is 0 Å². The molecule has 0 unspecified atom stereocenters. The zero-order valence-corrected chi connectivity index (χ0v) is 7.52. The lowest BCUT2D eigenvalue weighted by Gasteiger charge is -1.91. The SMILES string of the molecule is CC.Cc1nccn2nncc12. The van der Waals surface area contributed by atoms with Crippen LogP contribution in [-0.2, 0) is 0 Å². The smallest absolute Gasteiger partial charge is 0.108 e. The van der Waals surface area contributed by atoms with Gasteiger partial charge in [-0.1, -0.05) is 19.1 Å². The molecule has 0 saturated heterocycles. The number of hydrogen-bond acceptors (Lipinski definition) is 3. The van der Waals surface area contributed by atoms with Crippen molar-refractivity contribution in [1.82, 2.24) is 19.8 Å². The van der Waals surface area contributed by atoms with Gasteiger partial charge in [-0.3, -0.25) is 4.98 Å². The van der Waals surface area contributed by atoms with Crippen LogP contribution in [0.15, 0.2) is 18.6 Å². The van der Waals surface area contributed by atoms with Crippen LogP contribution in [0.1, 0.15) is 19.5 Å². The first-order valence-electron chi connectivity index (χ1n) is 3.99. The Kier molecular flexibility index (Phi) is 2.74. The number of nitrogens with zero attached hydrogens (tertiary/aromatic N) is 4. The lowest BCUT2D eigenvalue weighted by atomic mass is 10.4. The molecule has 0 radical (unpaired) electrons. The highest BCUT2D eigenvalue weighted by Gasteiger charge is 1.95. The molecule has 12 heavy (non-hydrogen) atoms. The average Bonchev–Trinajstić information content (AvgIpc) is 2.57. The maximum atomic E-state index is 4.08. The molecule has 0 N–H and O–H groups in total. The second-order valence-corrected chi connectivity index (χ2v) is 2.08. The minimum Gasteiger partial charge on any atom is -0.258 e. The lowest BCUT2D eigenvalue weighted by molar-refractivity contribution is 0.845. The Labute approximate surface area is 71.2 Å². The minimum atomic E-state index is 0.951. The topological polar surface area (TPSA) is 43.1 Å². The third-order valence-electron chi connectivity index (χ3n) is 1.42. The highest BCUT2D eigenvalue weighted by atomic mass is 15.4. The van der Waals surface area contributed by atoms with E-state index in [9.17, 15) is 0 Å². The van der Waals surface area contributed by atoms with Crippen LogP contribution in [0.5, 0.6) is 0 Å². The van der Waals surface area contributed by atoms with Crippen LogP contribution >= 0.6 is 0 Å². The molecular formula is C8H12N4. The van der Waals surface area contributed by atoms with Gasteiger partial charge < -0.3 is 0 Å².